The molecule has 0 aliphatic carbocycles. The number of carbonyl (C=O) groups is 2. The Balaban J connectivity index is 0.000000221. The van der Waals surface area contributed by atoms with E-state index in [9.17, 15) is 9.59 Å². The van der Waals surface area contributed by atoms with Crippen LogP contribution in [0.15, 0.2) is 146 Å². The van der Waals surface area contributed by atoms with Crippen molar-refractivity contribution < 1.29 is 9.59 Å². The van der Waals surface area contributed by atoms with Crippen LogP contribution in [0.2, 0.25) is 0 Å². The monoisotopic (exact) mass is 769 g/mol. The van der Waals surface area contributed by atoms with Crippen LogP contribution in [0.3, 0.4) is 0 Å². The zero-order valence-corrected chi connectivity index (χ0v) is 34.1. The summed E-state index contributed by atoms with van der Waals surface area (Å²) in [6, 6.07) is 43.4. The highest BCUT2D eigenvalue weighted by Gasteiger charge is 2.08. The number of nitrogens with zero attached hydrogens (tertiary/aromatic N) is 2. The van der Waals surface area contributed by atoms with Crippen molar-refractivity contribution in [1.29, 1.82) is 0 Å². The Hall–Kier alpha value is -6.60. The molecule has 1 amide bonds. The molecule has 7 heteroatoms. The molecule has 0 radical (unpaired) electrons. The molecule has 7 nitrogen and oxygen atoms in total. The number of anilines is 4. The average molecular weight is 770 g/mol. The van der Waals surface area contributed by atoms with Crippen molar-refractivity contribution in [3.05, 3.63) is 179 Å². The van der Waals surface area contributed by atoms with Crippen LogP contribution in [0.1, 0.15) is 96.6 Å². The first-order valence-corrected chi connectivity index (χ1v) is 20.1. The lowest BCUT2D eigenvalue weighted by molar-refractivity contribution is 0.0949. The Morgan fingerprint density at radius 1 is 0.534 bits per heavy atom. The van der Waals surface area contributed by atoms with E-state index in [2.05, 4.69) is 77.9 Å². The first-order valence-electron chi connectivity index (χ1n) is 20.1. The molecular weight excluding hydrogens is 715 g/mol. The Labute approximate surface area is 344 Å². The Kier molecular flexibility index (Phi) is 16.7. The summed E-state index contributed by atoms with van der Waals surface area (Å²) < 4.78 is 0. The number of hydrogen-bond donors (Lipinski definition) is 3. The summed E-state index contributed by atoms with van der Waals surface area (Å²) in [4.78, 5) is 33.2. The summed E-state index contributed by atoms with van der Waals surface area (Å²) in [6.07, 6.45) is 15.3. The number of ketones is 1. The highest BCUT2D eigenvalue weighted by atomic mass is 16.1. The zero-order valence-electron chi connectivity index (χ0n) is 34.1. The van der Waals surface area contributed by atoms with E-state index in [1.54, 1.807) is 12.4 Å². The number of rotatable bonds is 17. The van der Waals surface area contributed by atoms with Crippen LogP contribution in [0.5, 0.6) is 0 Å². The molecule has 0 unspecified atom stereocenters. The quantitative estimate of drug-likeness (QED) is 0.0800. The largest absolute Gasteiger partial charge is 0.356 e. The van der Waals surface area contributed by atoms with E-state index < -0.39 is 0 Å². The topological polar surface area (TPSA) is 96.0 Å². The molecule has 0 spiro atoms. The Bertz CT molecular complexity index is 2200. The van der Waals surface area contributed by atoms with Gasteiger partial charge in [-0.3, -0.25) is 19.6 Å². The summed E-state index contributed by atoms with van der Waals surface area (Å²) in [7, 11) is 0. The molecule has 0 saturated heterocycles. The average Bonchev–Trinajstić information content (AvgIpc) is 3.24. The zero-order chi connectivity index (χ0) is 41.0. The molecule has 4 aromatic carbocycles. The summed E-state index contributed by atoms with van der Waals surface area (Å²) in [5.74, 6) is 1.40. The maximum atomic E-state index is 12.4. The first kappa shape index (κ1) is 42.5. The standard InChI is InChI=1S/C26H28N2O.C25H27N3O/c1-20(2)7-5-11-26(29)22-8-6-10-25(19-22)28-24-16-13-21(14-17-24)12-15-23-9-3-4-18-27-23;1-19(2)16-18-27-25(29)21-9-14-24(15-10-21)28-23-12-7-20(8-13-23)6-11-22-5-3-4-17-26-22/h3-4,6,8-10,12-20,28H,5,7,11H2,1-2H3;3-15,17,19,28H,16,18H2,1-2H3,(H,27,29)/b15-12+;11-6+. The Morgan fingerprint density at radius 2 is 1.05 bits per heavy atom. The fourth-order valence-corrected chi connectivity index (χ4v) is 5.87. The maximum absolute atomic E-state index is 12.4. The van der Waals surface area contributed by atoms with Gasteiger partial charge < -0.3 is 16.0 Å². The number of carbonyl (C=O) groups excluding carboxylic acids is 2. The lowest BCUT2D eigenvalue weighted by Crippen LogP contribution is -2.25. The second-order valence-corrected chi connectivity index (χ2v) is 15.0. The van der Waals surface area contributed by atoms with Crippen molar-refractivity contribution in [2.75, 3.05) is 17.2 Å². The SMILES string of the molecule is CC(C)CCCC(=O)c1cccc(Nc2ccc(/C=C/c3ccccn3)cc2)c1.CC(C)CCNC(=O)c1ccc(Nc2ccc(/C=C/c3ccccn3)cc2)cc1. The third-order valence-corrected chi connectivity index (χ3v) is 9.19. The maximum Gasteiger partial charge on any atom is 0.251 e. The lowest BCUT2D eigenvalue weighted by Gasteiger charge is -2.09. The van der Waals surface area contributed by atoms with Gasteiger partial charge in [0, 0.05) is 59.2 Å². The minimum absolute atomic E-state index is 0.0266. The number of pyridine rings is 2. The molecule has 58 heavy (non-hydrogen) atoms. The lowest BCUT2D eigenvalue weighted by atomic mass is 10.0. The van der Waals surface area contributed by atoms with Gasteiger partial charge in [0.25, 0.3) is 5.91 Å². The molecule has 0 aliphatic rings. The van der Waals surface area contributed by atoms with Gasteiger partial charge in [0.05, 0.1) is 11.4 Å². The Morgan fingerprint density at radius 3 is 1.55 bits per heavy atom. The van der Waals surface area contributed by atoms with E-state index in [1.807, 2.05) is 133 Å². The number of benzene rings is 4. The van der Waals surface area contributed by atoms with Crippen molar-refractivity contribution in [3.8, 4) is 0 Å². The summed E-state index contributed by atoms with van der Waals surface area (Å²) >= 11 is 0. The molecule has 6 rings (SSSR count). The summed E-state index contributed by atoms with van der Waals surface area (Å²) in [5.41, 5.74) is 9.39. The van der Waals surface area contributed by atoms with Crippen LogP contribution in [-0.4, -0.2) is 28.2 Å². The van der Waals surface area contributed by atoms with E-state index in [-0.39, 0.29) is 11.7 Å². The number of nitrogens with one attached hydrogen (secondary N) is 3. The van der Waals surface area contributed by atoms with Gasteiger partial charge in [-0.15, -0.1) is 0 Å². The first-order chi connectivity index (χ1) is 28.2. The minimum atomic E-state index is -0.0266. The van der Waals surface area contributed by atoms with Gasteiger partial charge in [0.2, 0.25) is 0 Å². The molecular formula is C51H55N5O2. The second kappa shape index (κ2) is 22.8. The van der Waals surface area contributed by atoms with Crippen LogP contribution in [0.25, 0.3) is 24.3 Å². The normalized spacial score (nSPS) is 11.1. The smallest absolute Gasteiger partial charge is 0.251 e. The summed E-state index contributed by atoms with van der Waals surface area (Å²) in [5, 5.41) is 9.71. The third-order valence-electron chi connectivity index (χ3n) is 9.19. The van der Waals surface area contributed by atoms with Crippen LogP contribution in [0, 0.1) is 11.8 Å². The highest BCUT2D eigenvalue weighted by Crippen LogP contribution is 2.22. The van der Waals surface area contributed by atoms with E-state index in [0.717, 1.165) is 70.1 Å². The van der Waals surface area contributed by atoms with Crippen LogP contribution in [0.4, 0.5) is 22.7 Å². The van der Waals surface area contributed by atoms with Gasteiger partial charge in [-0.2, -0.15) is 0 Å². The molecule has 2 heterocycles. The fraction of sp³-hybridized carbons (Fsp3) is 0.216. The molecule has 2 aromatic heterocycles. The van der Waals surface area contributed by atoms with E-state index in [1.165, 1.54) is 0 Å². The highest BCUT2D eigenvalue weighted by molar-refractivity contribution is 5.97. The number of hydrogen-bond acceptors (Lipinski definition) is 6. The van der Waals surface area contributed by atoms with Crippen molar-refractivity contribution >= 4 is 58.7 Å². The molecule has 0 bridgehead atoms. The predicted molar refractivity (Wildman–Crippen MR) is 243 cm³/mol. The molecule has 3 N–H and O–H groups in total. The predicted octanol–water partition coefficient (Wildman–Crippen LogP) is 12.8. The van der Waals surface area contributed by atoms with Gasteiger partial charge in [0.15, 0.2) is 5.78 Å². The number of amides is 1. The van der Waals surface area contributed by atoms with Gasteiger partial charge in [-0.1, -0.05) is 94.8 Å². The molecule has 6 aromatic rings. The van der Waals surface area contributed by atoms with E-state index >= 15 is 0 Å². The van der Waals surface area contributed by atoms with Gasteiger partial charge >= 0.3 is 0 Å². The van der Waals surface area contributed by atoms with Crippen LogP contribution < -0.4 is 16.0 Å². The van der Waals surface area contributed by atoms with E-state index in [4.69, 9.17) is 0 Å². The van der Waals surface area contributed by atoms with Crippen LogP contribution in [-0.2, 0) is 0 Å². The summed E-state index contributed by atoms with van der Waals surface area (Å²) in [6.45, 7) is 9.38. The van der Waals surface area contributed by atoms with E-state index in [0.29, 0.717) is 30.4 Å². The number of aromatic nitrogens is 2. The van der Waals surface area contributed by atoms with Crippen LogP contribution >= 0.6 is 0 Å². The minimum Gasteiger partial charge on any atom is -0.356 e. The van der Waals surface area contributed by atoms with Crippen molar-refractivity contribution in [1.82, 2.24) is 15.3 Å². The molecule has 0 saturated carbocycles. The second-order valence-electron chi connectivity index (χ2n) is 15.0. The van der Waals surface area contributed by atoms with Crippen molar-refractivity contribution in [2.45, 2.75) is 53.4 Å². The fourth-order valence-electron chi connectivity index (χ4n) is 5.87. The molecule has 0 fully saturated rings. The van der Waals surface area contributed by atoms with Crippen molar-refractivity contribution in [2.24, 2.45) is 11.8 Å². The molecule has 0 atom stereocenters. The molecule has 0 aliphatic heterocycles. The molecule has 296 valence electrons. The number of Topliss-reactive ketones (excluding diaryl/α,β-unsaturated/α-hetero) is 1. The van der Waals surface area contributed by atoms with Crippen molar-refractivity contribution in [3.63, 3.8) is 0 Å². The van der Waals surface area contributed by atoms with Gasteiger partial charge in [0.1, 0.15) is 0 Å². The van der Waals surface area contributed by atoms with Gasteiger partial charge in [-0.25, -0.2) is 0 Å². The third kappa shape index (κ3) is 15.1. The van der Waals surface area contributed by atoms with Gasteiger partial charge in [-0.05, 0) is 133 Å².